The fourth-order valence-corrected chi connectivity index (χ4v) is 2.65. The van der Waals surface area contributed by atoms with Gasteiger partial charge in [-0.2, -0.15) is 0 Å². The van der Waals surface area contributed by atoms with Gasteiger partial charge in [-0.25, -0.2) is 0 Å². The van der Waals surface area contributed by atoms with Gasteiger partial charge in [-0.05, 0) is 47.9 Å². The quantitative estimate of drug-likeness (QED) is 0.586. The molecular weight excluding hydrogens is 312 g/mol. The Balaban J connectivity index is 1.88. The van der Waals surface area contributed by atoms with E-state index in [1.165, 1.54) is 0 Å². The van der Waals surface area contributed by atoms with Gasteiger partial charge in [0.25, 0.3) is 0 Å². The summed E-state index contributed by atoms with van der Waals surface area (Å²) in [6.45, 7) is 1.99. The summed E-state index contributed by atoms with van der Waals surface area (Å²) in [5, 5.41) is 0. The number of hydrogen-bond donors (Lipinski definition) is 0. The van der Waals surface area contributed by atoms with E-state index in [1.54, 1.807) is 14.0 Å². The minimum atomic E-state index is -0.0205. The number of methoxy groups -OCH3 is 1. The first-order valence-corrected chi connectivity index (χ1v) is 8.13. The first-order valence-electron chi connectivity index (χ1n) is 8.13. The summed E-state index contributed by atoms with van der Waals surface area (Å²) < 4.78 is 11.1. The SMILES string of the molecule is COc1cccc(-c2ccc(OCc3ccccc3)c(C(C)=O)c2)c1. The minimum Gasteiger partial charge on any atom is -0.497 e. The molecule has 0 aliphatic heterocycles. The lowest BCUT2D eigenvalue weighted by molar-refractivity contribution is 0.101. The van der Waals surface area contributed by atoms with E-state index >= 15 is 0 Å². The molecule has 3 aromatic rings. The molecule has 3 aromatic carbocycles. The smallest absolute Gasteiger partial charge is 0.163 e. The van der Waals surface area contributed by atoms with E-state index in [1.807, 2.05) is 72.8 Å². The van der Waals surface area contributed by atoms with Crippen molar-refractivity contribution in [2.45, 2.75) is 13.5 Å². The van der Waals surface area contributed by atoms with Gasteiger partial charge in [0.1, 0.15) is 18.1 Å². The van der Waals surface area contributed by atoms with Crippen LogP contribution >= 0.6 is 0 Å². The zero-order valence-electron chi connectivity index (χ0n) is 14.4. The van der Waals surface area contributed by atoms with Crippen molar-refractivity contribution in [3.63, 3.8) is 0 Å². The van der Waals surface area contributed by atoms with Gasteiger partial charge in [0.2, 0.25) is 0 Å². The van der Waals surface area contributed by atoms with Crippen LogP contribution in [0.3, 0.4) is 0 Å². The van der Waals surface area contributed by atoms with Crippen molar-refractivity contribution in [3.05, 3.63) is 83.9 Å². The molecule has 0 aliphatic rings. The van der Waals surface area contributed by atoms with Crippen molar-refractivity contribution in [2.24, 2.45) is 0 Å². The summed E-state index contributed by atoms with van der Waals surface area (Å²) >= 11 is 0. The monoisotopic (exact) mass is 332 g/mol. The summed E-state index contributed by atoms with van der Waals surface area (Å²) in [4.78, 5) is 12.1. The topological polar surface area (TPSA) is 35.5 Å². The molecule has 3 heteroatoms. The second kappa shape index (κ2) is 7.67. The van der Waals surface area contributed by atoms with Gasteiger partial charge in [-0.1, -0.05) is 48.5 Å². The predicted molar refractivity (Wildman–Crippen MR) is 99.2 cm³/mol. The largest absolute Gasteiger partial charge is 0.497 e. The molecule has 0 aliphatic carbocycles. The maximum atomic E-state index is 12.1. The Kier molecular flexibility index (Phi) is 5.14. The van der Waals surface area contributed by atoms with Crippen LogP contribution in [0.25, 0.3) is 11.1 Å². The van der Waals surface area contributed by atoms with E-state index in [0.717, 1.165) is 22.4 Å². The van der Waals surface area contributed by atoms with Gasteiger partial charge >= 0.3 is 0 Å². The van der Waals surface area contributed by atoms with Crippen LogP contribution in [-0.2, 0) is 6.61 Å². The van der Waals surface area contributed by atoms with E-state index in [9.17, 15) is 4.79 Å². The van der Waals surface area contributed by atoms with Gasteiger partial charge in [-0.15, -0.1) is 0 Å². The van der Waals surface area contributed by atoms with Gasteiger partial charge in [0, 0.05) is 0 Å². The van der Waals surface area contributed by atoms with Crippen molar-refractivity contribution in [1.29, 1.82) is 0 Å². The lowest BCUT2D eigenvalue weighted by Gasteiger charge is -2.12. The Bertz CT molecular complexity index is 869. The highest BCUT2D eigenvalue weighted by molar-refractivity contribution is 5.98. The van der Waals surface area contributed by atoms with Crippen LogP contribution < -0.4 is 9.47 Å². The van der Waals surface area contributed by atoms with Gasteiger partial charge in [-0.3, -0.25) is 4.79 Å². The third kappa shape index (κ3) is 4.07. The number of benzene rings is 3. The first-order chi connectivity index (χ1) is 12.2. The predicted octanol–water partition coefficient (Wildman–Crippen LogP) is 5.14. The molecule has 0 radical (unpaired) electrons. The molecule has 3 rings (SSSR count). The van der Waals surface area contributed by atoms with E-state index in [-0.39, 0.29) is 5.78 Å². The highest BCUT2D eigenvalue weighted by atomic mass is 16.5. The number of rotatable bonds is 6. The third-order valence-electron chi connectivity index (χ3n) is 4.00. The van der Waals surface area contributed by atoms with Crippen molar-refractivity contribution < 1.29 is 14.3 Å². The molecular formula is C22H20O3. The molecule has 0 atom stereocenters. The van der Waals surface area contributed by atoms with Gasteiger partial charge < -0.3 is 9.47 Å². The van der Waals surface area contributed by atoms with Crippen LogP contribution in [0.2, 0.25) is 0 Å². The van der Waals surface area contributed by atoms with Crippen molar-refractivity contribution >= 4 is 5.78 Å². The van der Waals surface area contributed by atoms with Crippen molar-refractivity contribution in [1.82, 2.24) is 0 Å². The van der Waals surface area contributed by atoms with Crippen LogP contribution in [0.1, 0.15) is 22.8 Å². The number of carbonyl (C=O) groups excluding carboxylic acids is 1. The number of ketones is 1. The number of ether oxygens (including phenoxy) is 2. The van der Waals surface area contributed by atoms with E-state index in [2.05, 4.69) is 0 Å². The molecule has 0 aromatic heterocycles. The molecule has 0 N–H and O–H groups in total. The van der Waals surface area contributed by atoms with Crippen molar-refractivity contribution in [3.8, 4) is 22.6 Å². The summed E-state index contributed by atoms with van der Waals surface area (Å²) in [5.41, 5.74) is 3.60. The Labute approximate surface area is 147 Å². The number of hydrogen-bond acceptors (Lipinski definition) is 3. The molecule has 0 heterocycles. The summed E-state index contributed by atoms with van der Waals surface area (Å²) in [6.07, 6.45) is 0. The van der Waals surface area contributed by atoms with Crippen molar-refractivity contribution in [2.75, 3.05) is 7.11 Å². The van der Waals surface area contributed by atoms with Crippen LogP contribution in [0.15, 0.2) is 72.8 Å². The zero-order chi connectivity index (χ0) is 17.6. The third-order valence-corrected chi connectivity index (χ3v) is 4.00. The molecule has 3 nitrogen and oxygen atoms in total. The Morgan fingerprint density at radius 3 is 2.36 bits per heavy atom. The average Bonchev–Trinajstić information content (AvgIpc) is 2.67. The second-order valence-electron chi connectivity index (χ2n) is 5.77. The molecule has 25 heavy (non-hydrogen) atoms. The Morgan fingerprint density at radius 2 is 1.64 bits per heavy atom. The summed E-state index contributed by atoms with van der Waals surface area (Å²) in [6, 6.07) is 23.4. The molecule has 0 fully saturated rings. The number of carbonyl (C=O) groups is 1. The molecule has 0 spiro atoms. The molecule has 126 valence electrons. The lowest BCUT2D eigenvalue weighted by Crippen LogP contribution is -2.02. The van der Waals surface area contributed by atoms with E-state index < -0.39 is 0 Å². The zero-order valence-corrected chi connectivity index (χ0v) is 14.4. The fraction of sp³-hybridized carbons (Fsp3) is 0.136. The Hall–Kier alpha value is -3.07. The molecule has 0 bridgehead atoms. The van der Waals surface area contributed by atoms with Gasteiger partial charge in [0.15, 0.2) is 5.78 Å². The summed E-state index contributed by atoms with van der Waals surface area (Å²) in [5.74, 6) is 1.36. The molecule has 0 unspecified atom stereocenters. The normalized spacial score (nSPS) is 10.3. The number of Topliss-reactive ketones (excluding diaryl/α,β-unsaturated/α-hetero) is 1. The molecule has 0 saturated carbocycles. The van der Waals surface area contributed by atoms with Crippen LogP contribution in [0, 0.1) is 0 Å². The maximum Gasteiger partial charge on any atom is 0.163 e. The lowest BCUT2D eigenvalue weighted by atomic mass is 10.0. The van der Waals surface area contributed by atoms with Crippen LogP contribution in [-0.4, -0.2) is 12.9 Å². The van der Waals surface area contributed by atoms with E-state index in [4.69, 9.17) is 9.47 Å². The highest BCUT2D eigenvalue weighted by Gasteiger charge is 2.11. The minimum absolute atomic E-state index is 0.0205. The van der Waals surface area contributed by atoms with E-state index in [0.29, 0.717) is 17.9 Å². The molecule has 0 saturated heterocycles. The average molecular weight is 332 g/mol. The summed E-state index contributed by atoms with van der Waals surface area (Å²) in [7, 11) is 1.64. The standard InChI is InChI=1S/C22H20O3/c1-16(23)21-14-19(18-9-6-10-20(13-18)24-2)11-12-22(21)25-15-17-7-4-3-5-8-17/h3-14H,15H2,1-2H3. The Morgan fingerprint density at radius 1 is 0.880 bits per heavy atom. The second-order valence-corrected chi connectivity index (χ2v) is 5.77. The first kappa shape index (κ1) is 16.8. The fourth-order valence-electron chi connectivity index (χ4n) is 2.65. The van der Waals surface area contributed by atoms with Crippen LogP contribution in [0.5, 0.6) is 11.5 Å². The molecule has 0 amide bonds. The van der Waals surface area contributed by atoms with Crippen LogP contribution in [0.4, 0.5) is 0 Å². The van der Waals surface area contributed by atoms with Gasteiger partial charge in [0.05, 0.1) is 12.7 Å². The maximum absolute atomic E-state index is 12.1. The highest BCUT2D eigenvalue weighted by Crippen LogP contribution is 2.29.